The van der Waals surface area contributed by atoms with E-state index in [4.69, 9.17) is 9.47 Å². The molecule has 0 aliphatic heterocycles. The van der Waals surface area contributed by atoms with Gasteiger partial charge in [0, 0.05) is 6.54 Å². The van der Waals surface area contributed by atoms with E-state index in [0.29, 0.717) is 17.9 Å². The van der Waals surface area contributed by atoms with Gasteiger partial charge in [-0.05, 0) is 38.1 Å². The van der Waals surface area contributed by atoms with Crippen molar-refractivity contribution in [1.29, 1.82) is 0 Å². The van der Waals surface area contributed by atoms with Gasteiger partial charge in [-0.3, -0.25) is 0 Å². The summed E-state index contributed by atoms with van der Waals surface area (Å²) in [6.07, 6.45) is 0. The lowest BCUT2D eigenvalue weighted by atomic mass is 9.96. The number of methoxy groups -OCH3 is 1. The van der Waals surface area contributed by atoms with E-state index in [1.807, 2.05) is 38.1 Å². The van der Waals surface area contributed by atoms with Gasteiger partial charge < -0.3 is 14.4 Å². The SMILES string of the molecule is COC(=O)c1c(C)ccc(C(C)C)c1OCCN(C)C. The summed E-state index contributed by atoms with van der Waals surface area (Å²) in [5, 5.41) is 0. The molecule has 0 amide bonds. The lowest BCUT2D eigenvalue weighted by molar-refractivity contribution is 0.0594. The summed E-state index contributed by atoms with van der Waals surface area (Å²) >= 11 is 0. The maximum Gasteiger partial charge on any atom is 0.341 e. The van der Waals surface area contributed by atoms with E-state index in [0.717, 1.165) is 17.7 Å². The van der Waals surface area contributed by atoms with E-state index in [1.54, 1.807) is 0 Å². The lowest BCUT2D eigenvalue weighted by Crippen LogP contribution is -2.21. The zero-order valence-corrected chi connectivity index (χ0v) is 13.3. The minimum Gasteiger partial charge on any atom is -0.491 e. The van der Waals surface area contributed by atoms with E-state index in [1.165, 1.54) is 7.11 Å². The number of hydrogen-bond donors (Lipinski definition) is 0. The van der Waals surface area contributed by atoms with Gasteiger partial charge in [-0.2, -0.15) is 0 Å². The van der Waals surface area contributed by atoms with Crippen LogP contribution in [0.4, 0.5) is 0 Å². The highest BCUT2D eigenvalue weighted by Gasteiger charge is 2.21. The van der Waals surface area contributed by atoms with Crippen molar-refractivity contribution in [2.45, 2.75) is 26.7 Å². The summed E-state index contributed by atoms with van der Waals surface area (Å²) in [4.78, 5) is 14.1. The van der Waals surface area contributed by atoms with Gasteiger partial charge in [0.05, 0.1) is 7.11 Å². The van der Waals surface area contributed by atoms with Crippen molar-refractivity contribution in [1.82, 2.24) is 4.90 Å². The topological polar surface area (TPSA) is 38.8 Å². The molecule has 0 N–H and O–H groups in total. The third-order valence-corrected chi connectivity index (χ3v) is 3.19. The molecule has 0 radical (unpaired) electrons. The van der Waals surface area contributed by atoms with E-state index < -0.39 is 0 Å². The lowest BCUT2D eigenvalue weighted by Gasteiger charge is -2.19. The van der Waals surface area contributed by atoms with Crippen molar-refractivity contribution < 1.29 is 14.3 Å². The molecule has 0 atom stereocenters. The first-order valence-electron chi connectivity index (χ1n) is 6.87. The summed E-state index contributed by atoms with van der Waals surface area (Å²) in [6.45, 7) is 7.41. The third kappa shape index (κ3) is 3.97. The number of nitrogens with zero attached hydrogens (tertiary/aromatic N) is 1. The number of carbonyl (C=O) groups is 1. The Balaban J connectivity index is 3.19. The number of rotatable bonds is 6. The second kappa shape index (κ2) is 7.29. The molecule has 0 aliphatic carbocycles. The van der Waals surface area contributed by atoms with Gasteiger partial charge in [0.2, 0.25) is 0 Å². The smallest absolute Gasteiger partial charge is 0.341 e. The van der Waals surface area contributed by atoms with Gasteiger partial charge >= 0.3 is 5.97 Å². The van der Waals surface area contributed by atoms with E-state index in [-0.39, 0.29) is 11.9 Å². The summed E-state index contributed by atoms with van der Waals surface area (Å²) in [6, 6.07) is 3.97. The Kier molecular flexibility index (Phi) is 6.02. The first-order chi connectivity index (χ1) is 9.38. The fraction of sp³-hybridized carbons (Fsp3) is 0.562. The average molecular weight is 279 g/mol. The number of carbonyl (C=O) groups excluding carboxylic acids is 1. The first kappa shape index (κ1) is 16.5. The Hall–Kier alpha value is -1.55. The van der Waals surface area contributed by atoms with Crippen LogP contribution in [0.2, 0.25) is 0 Å². The van der Waals surface area contributed by atoms with E-state index in [2.05, 4.69) is 13.8 Å². The van der Waals surface area contributed by atoms with Gasteiger partial charge in [0.15, 0.2) is 0 Å². The summed E-state index contributed by atoms with van der Waals surface area (Å²) in [5.74, 6) is 0.604. The largest absolute Gasteiger partial charge is 0.491 e. The van der Waals surface area contributed by atoms with E-state index in [9.17, 15) is 4.79 Å². The van der Waals surface area contributed by atoms with Crippen LogP contribution in [-0.2, 0) is 4.74 Å². The minimum atomic E-state index is -0.343. The highest BCUT2D eigenvalue weighted by atomic mass is 16.5. The number of aryl methyl sites for hydroxylation is 1. The number of esters is 1. The second-order valence-electron chi connectivity index (χ2n) is 5.47. The van der Waals surface area contributed by atoms with Crippen molar-refractivity contribution >= 4 is 5.97 Å². The van der Waals surface area contributed by atoms with Crippen LogP contribution in [0.25, 0.3) is 0 Å². The Morgan fingerprint density at radius 2 is 1.95 bits per heavy atom. The molecule has 0 saturated heterocycles. The van der Waals surface area contributed by atoms with Crippen molar-refractivity contribution in [3.8, 4) is 5.75 Å². The van der Waals surface area contributed by atoms with Crippen LogP contribution < -0.4 is 4.74 Å². The molecule has 0 aromatic heterocycles. The number of ether oxygens (including phenoxy) is 2. The fourth-order valence-corrected chi connectivity index (χ4v) is 1.99. The van der Waals surface area contributed by atoms with Crippen molar-refractivity contribution in [2.75, 3.05) is 34.4 Å². The van der Waals surface area contributed by atoms with Crippen molar-refractivity contribution in [3.63, 3.8) is 0 Å². The van der Waals surface area contributed by atoms with Gasteiger partial charge in [0.25, 0.3) is 0 Å². The zero-order chi connectivity index (χ0) is 15.3. The summed E-state index contributed by atoms with van der Waals surface area (Å²) < 4.78 is 10.8. The van der Waals surface area contributed by atoms with Crippen LogP contribution in [-0.4, -0.2) is 45.2 Å². The number of likely N-dealkylation sites (N-methyl/N-ethyl adjacent to an activating group) is 1. The fourth-order valence-electron chi connectivity index (χ4n) is 1.99. The van der Waals surface area contributed by atoms with Crippen LogP contribution >= 0.6 is 0 Å². The molecule has 4 heteroatoms. The van der Waals surface area contributed by atoms with Gasteiger partial charge in [-0.25, -0.2) is 4.79 Å². The normalized spacial score (nSPS) is 11.0. The molecule has 4 nitrogen and oxygen atoms in total. The van der Waals surface area contributed by atoms with E-state index >= 15 is 0 Å². The van der Waals surface area contributed by atoms with Gasteiger partial charge in [0.1, 0.15) is 17.9 Å². The van der Waals surface area contributed by atoms with Crippen molar-refractivity contribution in [2.24, 2.45) is 0 Å². The Morgan fingerprint density at radius 1 is 1.30 bits per heavy atom. The molecule has 20 heavy (non-hydrogen) atoms. The molecule has 1 aromatic carbocycles. The van der Waals surface area contributed by atoms with Crippen LogP contribution in [0.5, 0.6) is 5.75 Å². The monoisotopic (exact) mass is 279 g/mol. The molecule has 0 heterocycles. The first-order valence-corrected chi connectivity index (χ1v) is 6.87. The maximum absolute atomic E-state index is 12.0. The second-order valence-corrected chi connectivity index (χ2v) is 5.47. The maximum atomic E-state index is 12.0. The number of hydrogen-bond acceptors (Lipinski definition) is 4. The van der Waals surface area contributed by atoms with Gasteiger partial charge in [-0.15, -0.1) is 0 Å². The Morgan fingerprint density at radius 3 is 2.45 bits per heavy atom. The van der Waals surface area contributed by atoms with Crippen molar-refractivity contribution in [3.05, 3.63) is 28.8 Å². The Labute approximate surface area is 121 Å². The number of benzene rings is 1. The van der Waals surface area contributed by atoms with Gasteiger partial charge in [-0.1, -0.05) is 26.0 Å². The van der Waals surface area contributed by atoms with Crippen LogP contribution in [0, 0.1) is 6.92 Å². The predicted molar refractivity (Wildman–Crippen MR) is 80.7 cm³/mol. The zero-order valence-electron chi connectivity index (χ0n) is 13.3. The molecular formula is C16H25NO3. The quantitative estimate of drug-likeness (QED) is 0.751. The molecule has 0 spiro atoms. The third-order valence-electron chi connectivity index (χ3n) is 3.19. The molecule has 0 fully saturated rings. The molecule has 1 aromatic rings. The average Bonchev–Trinajstić information content (AvgIpc) is 2.37. The standard InChI is InChI=1S/C16H25NO3/c1-11(2)13-8-7-12(3)14(16(18)19-6)15(13)20-10-9-17(4)5/h7-8,11H,9-10H2,1-6H3. The molecule has 0 unspecified atom stereocenters. The molecule has 1 rings (SSSR count). The van der Waals surface area contributed by atoms with Crippen LogP contribution in [0.1, 0.15) is 41.3 Å². The molecule has 0 bridgehead atoms. The molecule has 0 saturated carbocycles. The highest BCUT2D eigenvalue weighted by Crippen LogP contribution is 2.33. The molecular weight excluding hydrogens is 254 g/mol. The molecule has 112 valence electrons. The molecule has 0 aliphatic rings. The highest BCUT2D eigenvalue weighted by molar-refractivity contribution is 5.94. The summed E-state index contributed by atoms with van der Waals surface area (Å²) in [5.41, 5.74) is 2.45. The minimum absolute atomic E-state index is 0.286. The Bertz CT molecular complexity index is 467. The van der Waals surface area contributed by atoms with Crippen LogP contribution in [0.15, 0.2) is 12.1 Å². The predicted octanol–water partition coefficient (Wildman–Crippen LogP) is 2.85. The summed E-state index contributed by atoms with van der Waals surface area (Å²) in [7, 11) is 5.38. The van der Waals surface area contributed by atoms with Crippen LogP contribution in [0.3, 0.4) is 0 Å².